The molecule has 0 atom stereocenters. The van der Waals surface area contributed by atoms with Crippen molar-refractivity contribution in [1.82, 2.24) is 0 Å². The van der Waals surface area contributed by atoms with Crippen molar-refractivity contribution >= 4 is 45.5 Å². The van der Waals surface area contributed by atoms with Crippen LogP contribution in [0, 0.1) is 99.4 Å². The molecule has 0 aliphatic carbocycles. The van der Waals surface area contributed by atoms with E-state index in [9.17, 15) is 0 Å². The standard InChI is InChI=1S/C49H46F4N4/c1-25-21-41-42(22-26(25)2)55(37-15-30(6)45(51)31(7)16-37)48(54(41)36-12-13-40(50)29(5)14-36)49-56(38-17-32(8)46(52)33(9)18-38)43-23-27(3)28(4)24-44(43)57(49)39-19-34(10)47(53)35(11)20-39/h12-24H,1-11H3. The number of aryl methyl sites for hydroxylation is 11. The number of hydrogen-bond acceptors (Lipinski definition) is 4. The molecule has 0 radical (unpaired) electrons. The van der Waals surface area contributed by atoms with Crippen LogP contribution in [-0.4, -0.2) is 0 Å². The van der Waals surface area contributed by atoms with Crippen LogP contribution in [0.15, 0.2) is 90.5 Å². The molecule has 0 saturated carbocycles. The first-order valence-corrected chi connectivity index (χ1v) is 19.2. The minimum Gasteiger partial charge on any atom is -0.291 e. The number of fused-ring (bicyclic) bond motifs is 2. The van der Waals surface area contributed by atoms with E-state index >= 15 is 17.6 Å². The Hall–Kier alpha value is -6.02. The average molecular weight is 767 g/mol. The van der Waals surface area contributed by atoms with Gasteiger partial charge in [0.05, 0.1) is 22.7 Å². The summed E-state index contributed by atoms with van der Waals surface area (Å²) in [6.07, 6.45) is 0. The predicted octanol–water partition coefficient (Wildman–Crippen LogP) is 14.0. The molecule has 0 spiro atoms. The lowest BCUT2D eigenvalue weighted by Gasteiger charge is -2.35. The Morgan fingerprint density at radius 1 is 0.281 bits per heavy atom. The topological polar surface area (TPSA) is 13.0 Å². The van der Waals surface area contributed by atoms with Crippen LogP contribution in [0.1, 0.15) is 61.2 Å². The van der Waals surface area contributed by atoms with E-state index in [4.69, 9.17) is 0 Å². The summed E-state index contributed by atoms with van der Waals surface area (Å²) in [6.45, 7) is 20.6. The van der Waals surface area contributed by atoms with Crippen molar-refractivity contribution in [2.24, 2.45) is 0 Å². The number of benzene rings is 6. The van der Waals surface area contributed by atoms with Crippen LogP contribution in [-0.2, 0) is 0 Å². The maximum Gasteiger partial charge on any atom is 0.166 e. The number of anilines is 8. The highest BCUT2D eigenvalue weighted by atomic mass is 19.1. The van der Waals surface area contributed by atoms with Crippen molar-refractivity contribution in [2.75, 3.05) is 19.6 Å². The molecule has 290 valence electrons. The zero-order chi connectivity index (χ0) is 40.9. The van der Waals surface area contributed by atoms with Crippen molar-refractivity contribution in [2.45, 2.75) is 76.2 Å². The van der Waals surface area contributed by atoms with E-state index in [1.54, 1.807) is 54.5 Å². The van der Waals surface area contributed by atoms with Crippen molar-refractivity contribution in [1.29, 1.82) is 0 Å². The highest BCUT2D eigenvalue weighted by Gasteiger charge is 2.45. The molecule has 0 aromatic heterocycles. The fourth-order valence-electron chi connectivity index (χ4n) is 8.31. The first kappa shape index (κ1) is 37.9. The molecule has 6 aromatic rings. The second-order valence-corrected chi connectivity index (χ2v) is 16.0. The lowest BCUT2D eigenvalue weighted by Crippen LogP contribution is -2.33. The van der Waals surface area contributed by atoms with Crippen LogP contribution in [0.2, 0.25) is 0 Å². The average Bonchev–Trinajstić information content (AvgIpc) is 3.64. The minimum absolute atomic E-state index is 0.282. The Balaban J connectivity index is 1.62. The summed E-state index contributed by atoms with van der Waals surface area (Å²) < 4.78 is 61.7. The van der Waals surface area contributed by atoms with E-state index in [0.29, 0.717) is 56.3 Å². The largest absolute Gasteiger partial charge is 0.291 e. The van der Waals surface area contributed by atoms with Gasteiger partial charge >= 0.3 is 0 Å². The molecular formula is C49H46F4N4. The van der Waals surface area contributed by atoms with Crippen molar-refractivity contribution in [3.8, 4) is 0 Å². The van der Waals surface area contributed by atoms with Gasteiger partial charge in [0.25, 0.3) is 0 Å². The number of rotatable bonds is 4. The van der Waals surface area contributed by atoms with Gasteiger partial charge in [-0.1, -0.05) is 0 Å². The maximum atomic E-state index is 15.5. The Kier molecular flexibility index (Phi) is 9.02. The van der Waals surface area contributed by atoms with Crippen molar-refractivity contribution in [3.63, 3.8) is 0 Å². The summed E-state index contributed by atoms with van der Waals surface area (Å²) in [7, 11) is 0. The van der Waals surface area contributed by atoms with Crippen LogP contribution in [0.5, 0.6) is 0 Å². The normalized spacial score (nSPS) is 13.7. The molecule has 8 rings (SSSR count). The lowest BCUT2D eigenvalue weighted by atomic mass is 10.1. The molecule has 6 aromatic carbocycles. The van der Waals surface area contributed by atoms with E-state index in [-0.39, 0.29) is 23.3 Å². The van der Waals surface area contributed by atoms with Crippen molar-refractivity contribution in [3.05, 3.63) is 175 Å². The van der Waals surface area contributed by atoms with Crippen LogP contribution in [0.3, 0.4) is 0 Å². The second kappa shape index (κ2) is 13.6. The van der Waals surface area contributed by atoms with Gasteiger partial charge in [-0.05, 0) is 216 Å². The summed E-state index contributed by atoms with van der Waals surface area (Å²) in [4.78, 5) is 8.58. The van der Waals surface area contributed by atoms with Gasteiger partial charge in [0.15, 0.2) is 11.6 Å². The molecule has 8 heteroatoms. The van der Waals surface area contributed by atoms with Gasteiger partial charge in [-0.25, -0.2) is 17.6 Å². The molecule has 0 bridgehead atoms. The van der Waals surface area contributed by atoms with Crippen molar-refractivity contribution < 1.29 is 17.6 Å². The van der Waals surface area contributed by atoms with Crippen LogP contribution in [0.25, 0.3) is 0 Å². The molecule has 0 amide bonds. The molecule has 2 aliphatic heterocycles. The summed E-state index contributed by atoms with van der Waals surface area (Å²) in [5.74, 6) is 0.156. The van der Waals surface area contributed by atoms with E-state index in [0.717, 1.165) is 62.1 Å². The Bertz CT molecular complexity index is 2570. The SMILES string of the molecule is Cc1cc2c(cc1C)N(c1cc(C)c(F)c(C)c1)C(=C1N(c3cc(C)c(F)c(C)c3)c3cc(C)c(C)cc3N1c1cc(C)c(F)c(C)c1)N2c1ccc(F)c(C)c1. The second-order valence-electron chi connectivity index (χ2n) is 16.0. The highest BCUT2D eigenvalue weighted by molar-refractivity contribution is 6.01. The van der Waals surface area contributed by atoms with Gasteiger partial charge in [-0.2, -0.15) is 0 Å². The molecule has 2 aliphatic rings. The monoisotopic (exact) mass is 766 g/mol. The molecule has 4 nitrogen and oxygen atoms in total. The van der Waals surface area contributed by atoms with Crippen LogP contribution < -0.4 is 19.6 Å². The fourth-order valence-corrected chi connectivity index (χ4v) is 8.31. The first-order valence-electron chi connectivity index (χ1n) is 19.2. The van der Waals surface area contributed by atoms with E-state index in [1.165, 1.54) is 6.07 Å². The number of nitrogens with zero attached hydrogens (tertiary/aromatic N) is 4. The molecule has 57 heavy (non-hydrogen) atoms. The molecule has 0 saturated heterocycles. The summed E-state index contributed by atoms with van der Waals surface area (Å²) in [6, 6.07) is 24.8. The summed E-state index contributed by atoms with van der Waals surface area (Å²) in [5.41, 5.74) is 13.9. The molecular weight excluding hydrogens is 721 g/mol. The van der Waals surface area contributed by atoms with E-state index in [2.05, 4.69) is 71.6 Å². The highest BCUT2D eigenvalue weighted by Crippen LogP contribution is 2.58. The lowest BCUT2D eigenvalue weighted by molar-refractivity contribution is 0.609. The molecule has 0 N–H and O–H groups in total. The van der Waals surface area contributed by atoms with Crippen LogP contribution in [0.4, 0.5) is 63.1 Å². The molecule has 2 heterocycles. The molecule has 0 unspecified atom stereocenters. The zero-order valence-electron chi connectivity index (χ0n) is 34.3. The Labute approximate surface area is 332 Å². The Morgan fingerprint density at radius 2 is 0.526 bits per heavy atom. The fraction of sp³-hybridized carbons (Fsp3) is 0.224. The predicted molar refractivity (Wildman–Crippen MR) is 226 cm³/mol. The van der Waals surface area contributed by atoms with Gasteiger partial charge < -0.3 is 0 Å². The zero-order valence-corrected chi connectivity index (χ0v) is 34.3. The van der Waals surface area contributed by atoms with Gasteiger partial charge in [-0.15, -0.1) is 0 Å². The number of halogens is 4. The summed E-state index contributed by atoms with van der Waals surface area (Å²) in [5, 5.41) is 0. The third-order valence-corrected chi connectivity index (χ3v) is 11.6. The smallest absolute Gasteiger partial charge is 0.166 e. The molecule has 0 fully saturated rings. The van der Waals surface area contributed by atoms with Gasteiger partial charge in [0.2, 0.25) is 0 Å². The number of hydrogen-bond donors (Lipinski definition) is 0. The van der Waals surface area contributed by atoms with E-state index in [1.807, 2.05) is 42.5 Å². The third kappa shape index (κ3) is 5.96. The van der Waals surface area contributed by atoms with E-state index < -0.39 is 0 Å². The summed E-state index contributed by atoms with van der Waals surface area (Å²) >= 11 is 0. The van der Waals surface area contributed by atoms with Crippen LogP contribution >= 0.6 is 0 Å². The minimum atomic E-state index is -0.328. The van der Waals surface area contributed by atoms with Gasteiger partial charge in [0, 0.05) is 22.7 Å². The Morgan fingerprint density at radius 3 is 0.789 bits per heavy atom. The quantitative estimate of drug-likeness (QED) is 0.166. The van der Waals surface area contributed by atoms with Gasteiger partial charge in [0.1, 0.15) is 23.3 Å². The third-order valence-electron chi connectivity index (χ3n) is 11.6. The maximum absolute atomic E-state index is 15.5. The first-order chi connectivity index (χ1) is 27.0. The van der Waals surface area contributed by atoms with Gasteiger partial charge in [-0.3, -0.25) is 19.6 Å².